The third-order valence-corrected chi connectivity index (χ3v) is 3.99. The molecular formula is C15H20N2O3. The quantitative estimate of drug-likeness (QED) is 0.777. The minimum atomic E-state index is -0.536. The highest BCUT2D eigenvalue weighted by molar-refractivity contribution is 5.95. The second kappa shape index (κ2) is 5.42. The molecule has 0 radical (unpaired) electrons. The number of carbonyl (C=O) groups excluding carboxylic acids is 1. The van der Waals surface area contributed by atoms with Gasteiger partial charge in [-0.05, 0) is 30.5 Å². The summed E-state index contributed by atoms with van der Waals surface area (Å²) in [5.74, 6) is 0.589. The summed E-state index contributed by atoms with van der Waals surface area (Å²) in [7, 11) is 0. The lowest BCUT2D eigenvalue weighted by atomic mass is 10.0. The lowest BCUT2D eigenvalue weighted by Crippen LogP contribution is -2.37. The van der Waals surface area contributed by atoms with Crippen LogP contribution in [0.15, 0.2) is 18.2 Å². The van der Waals surface area contributed by atoms with Gasteiger partial charge < -0.3 is 20.5 Å². The first-order valence-electron chi connectivity index (χ1n) is 7.13. The lowest BCUT2D eigenvalue weighted by molar-refractivity contribution is -0.118. The van der Waals surface area contributed by atoms with Crippen LogP contribution in [0.5, 0.6) is 5.75 Å². The first kappa shape index (κ1) is 13.4. The second-order valence-electron chi connectivity index (χ2n) is 5.70. The lowest BCUT2D eigenvalue weighted by Gasteiger charge is -2.23. The summed E-state index contributed by atoms with van der Waals surface area (Å²) in [6, 6.07) is 5.76. The predicted octanol–water partition coefficient (Wildman–Crippen LogP) is 1.41. The minimum absolute atomic E-state index is 0.0810. The standard InChI is InChI=1S/C15H20N2O3/c18-14-9-20-13-4-3-11(7-12(13)17-14)8-16-10-15(19)5-1-2-6-15/h3-4,7,16,19H,1-2,5-6,8-10H2,(H,17,18). The largest absolute Gasteiger partial charge is 0.482 e. The summed E-state index contributed by atoms with van der Waals surface area (Å²) < 4.78 is 5.32. The molecule has 1 amide bonds. The van der Waals surface area contributed by atoms with Crippen LogP contribution in [-0.4, -0.2) is 29.8 Å². The normalized spacial score (nSPS) is 20.1. The number of fused-ring (bicyclic) bond motifs is 1. The second-order valence-corrected chi connectivity index (χ2v) is 5.70. The summed E-state index contributed by atoms with van der Waals surface area (Å²) in [5, 5.41) is 16.4. The van der Waals surface area contributed by atoms with Gasteiger partial charge in [-0.1, -0.05) is 18.9 Å². The Morgan fingerprint density at radius 1 is 1.35 bits per heavy atom. The topological polar surface area (TPSA) is 70.6 Å². The summed E-state index contributed by atoms with van der Waals surface area (Å²) in [5.41, 5.74) is 1.25. The van der Waals surface area contributed by atoms with E-state index in [2.05, 4.69) is 10.6 Å². The van der Waals surface area contributed by atoms with Gasteiger partial charge in [-0.2, -0.15) is 0 Å². The van der Waals surface area contributed by atoms with E-state index in [0.29, 0.717) is 18.8 Å². The van der Waals surface area contributed by atoms with Gasteiger partial charge in [-0.15, -0.1) is 0 Å². The van der Waals surface area contributed by atoms with E-state index in [4.69, 9.17) is 4.74 Å². The number of carbonyl (C=O) groups is 1. The maximum atomic E-state index is 11.3. The molecule has 108 valence electrons. The van der Waals surface area contributed by atoms with Crippen molar-refractivity contribution in [1.82, 2.24) is 5.32 Å². The van der Waals surface area contributed by atoms with Crippen molar-refractivity contribution in [3.8, 4) is 5.75 Å². The number of hydrogen-bond donors (Lipinski definition) is 3. The number of ether oxygens (including phenoxy) is 1. The van der Waals surface area contributed by atoms with Crippen LogP contribution in [0.1, 0.15) is 31.2 Å². The smallest absolute Gasteiger partial charge is 0.262 e. The Labute approximate surface area is 118 Å². The van der Waals surface area contributed by atoms with Crippen molar-refractivity contribution in [2.75, 3.05) is 18.5 Å². The number of benzene rings is 1. The van der Waals surface area contributed by atoms with E-state index in [1.165, 1.54) is 0 Å². The molecule has 20 heavy (non-hydrogen) atoms. The third kappa shape index (κ3) is 2.94. The highest BCUT2D eigenvalue weighted by atomic mass is 16.5. The van der Waals surface area contributed by atoms with E-state index in [0.717, 1.165) is 36.9 Å². The van der Waals surface area contributed by atoms with E-state index in [9.17, 15) is 9.90 Å². The summed E-state index contributed by atoms with van der Waals surface area (Å²) in [6.07, 6.45) is 3.99. The molecule has 1 aliphatic heterocycles. The molecule has 1 aromatic rings. The molecule has 1 aromatic carbocycles. The van der Waals surface area contributed by atoms with Gasteiger partial charge in [0.1, 0.15) is 5.75 Å². The van der Waals surface area contributed by atoms with Gasteiger partial charge in [0.2, 0.25) is 0 Å². The van der Waals surface area contributed by atoms with Crippen molar-refractivity contribution >= 4 is 11.6 Å². The fourth-order valence-electron chi connectivity index (χ4n) is 2.89. The molecule has 1 aliphatic carbocycles. The fourth-order valence-corrected chi connectivity index (χ4v) is 2.89. The van der Waals surface area contributed by atoms with Crippen molar-refractivity contribution in [3.05, 3.63) is 23.8 Å². The average Bonchev–Trinajstić information content (AvgIpc) is 2.85. The summed E-state index contributed by atoms with van der Waals surface area (Å²) >= 11 is 0. The molecule has 2 aliphatic rings. The molecule has 3 N–H and O–H groups in total. The van der Waals surface area contributed by atoms with Crippen molar-refractivity contribution in [3.63, 3.8) is 0 Å². The number of amides is 1. The van der Waals surface area contributed by atoms with Gasteiger partial charge >= 0.3 is 0 Å². The highest BCUT2D eigenvalue weighted by Crippen LogP contribution is 2.30. The van der Waals surface area contributed by atoms with Crippen LogP contribution in [0, 0.1) is 0 Å². The zero-order chi connectivity index (χ0) is 14.0. The van der Waals surface area contributed by atoms with E-state index < -0.39 is 5.60 Å². The average molecular weight is 276 g/mol. The van der Waals surface area contributed by atoms with Crippen molar-refractivity contribution in [2.45, 2.75) is 37.8 Å². The molecule has 1 heterocycles. The van der Waals surface area contributed by atoms with Crippen LogP contribution < -0.4 is 15.4 Å². The van der Waals surface area contributed by atoms with Gasteiger partial charge in [0.25, 0.3) is 5.91 Å². The number of nitrogens with one attached hydrogen (secondary N) is 2. The van der Waals surface area contributed by atoms with Crippen molar-refractivity contribution in [1.29, 1.82) is 0 Å². The number of hydrogen-bond acceptors (Lipinski definition) is 4. The first-order valence-corrected chi connectivity index (χ1v) is 7.13. The van der Waals surface area contributed by atoms with Crippen LogP contribution >= 0.6 is 0 Å². The van der Waals surface area contributed by atoms with Crippen LogP contribution in [-0.2, 0) is 11.3 Å². The monoisotopic (exact) mass is 276 g/mol. The van der Waals surface area contributed by atoms with Crippen molar-refractivity contribution < 1.29 is 14.6 Å². The van der Waals surface area contributed by atoms with Crippen LogP contribution in [0.3, 0.4) is 0 Å². The van der Waals surface area contributed by atoms with E-state index in [1.807, 2.05) is 18.2 Å². The third-order valence-electron chi connectivity index (χ3n) is 3.99. The number of aliphatic hydroxyl groups is 1. The van der Waals surface area contributed by atoms with Crippen LogP contribution in [0.25, 0.3) is 0 Å². The molecular weight excluding hydrogens is 256 g/mol. The minimum Gasteiger partial charge on any atom is -0.482 e. The van der Waals surface area contributed by atoms with Gasteiger partial charge in [0.05, 0.1) is 11.3 Å². The van der Waals surface area contributed by atoms with Gasteiger partial charge in [-0.25, -0.2) is 0 Å². The Balaban J connectivity index is 1.58. The molecule has 0 atom stereocenters. The van der Waals surface area contributed by atoms with E-state index in [-0.39, 0.29) is 12.5 Å². The molecule has 0 bridgehead atoms. The molecule has 3 rings (SSSR count). The fraction of sp³-hybridized carbons (Fsp3) is 0.533. The van der Waals surface area contributed by atoms with Gasteiger partial charge in [0, 0.05) is 13.1 Å². The summed E-state index contributed by atoms with van der Waals surface area (Å²) in [4.78, 5) is 11.3. The first-order chi connectivity index (χ1) is 9.65. The Morgan fingerprint density at radius 2 is 2.15 bits per heavy atom. The van der Waals surface area contributed by atoms with Gasteiger partial charge in [0.15, 0.2) is 6.61 Å². The Bertz CT molecular complexity index is 510. The van der Waals surface area contributed by atoms with Crippen LogP contribution in [0.2, 0.25) is 0 Å². The summed E-state index contributed by atoms with van der Waals surface area (Å²) in [6.45, 7) is 1.37. The van der Waals surface area contributed by atoms with Gasteiger partial charge in [-0.3, -0.25) is 4.79 Å². The van der Waals surface area contributed by atoms with Crippen molar-refractivity contribution in [2.24, 2.45) is 0 Å². The van der Waals surface area contributed by atoms with E-state index >= 15 is 0 Å². The maximum Gasteiger partial charge on any atom is 0.262 e. The van der Waals surface area contributed by atoms with Crippen LogP contribution in [0.4, 0.5) is 5.69 Å². The molecule has 0 saturated heterocycles. The molecule has 1 fully saturated rings. The Morgan fingerprint density at radius 3 is 2.95 bits per heavy atom. The molecule has 0 aromatic heterocycles. The zero-order valence-electron chi connectivity index (χ0n) is 11.4. The SMILES string of the molecule is O=C1COc2ccc(CNCC3(O)CCCC3)cc2N1. The number of anilines is 1. The Kier molecular flexibility index (Phi) is 3.63. The molecule has 0 unspecified atom stereocenters. The molecule has 1 saturated carbocycles. The Hall–Kier alpha value is -1.59. The number of rotatable bonds is 4. The molecule has 5 heteroatoms. The molecule has 5 nitrogen and oxygen atoms in total. The molecule has 0 spiro atoms. The highest BCUT2D eigenvalue weighted by Gasteiger charge is 2.30. The predicted molar refractivity (Wildman–Crippen MR) is 75.7 cm³/mol. The zero-order valence-corrected chi connectivity index (χ0v) is 11.4. The van der Waals surface area contributed by atoms with E-state index in [1.54, 1.807) is 0 Å². The maximum absolute atomic E-state index is 11.3.